The van der Waals surface area contributed by atoms with Gasteiger partial charge < -0.3 is 20.3 Å². The molecule has 1 heterocycles. The van der Waals surface area contributed by atoms with E-state index in [1.54, 1.807) is 0 Å². The van der Waals surface area contributed by atoms with Crippen LogP contribution in [0.25, 0.3) is 0 Å². The van der Waals surface area contributed by atoms with Crippen LogP contribution < -0.4 is 15.0 Å². The molecule has 0 saturated carbocycles. The molecular formula is C14H14N2O7. The highest BCUT2D eigenvalue weighted by atomic mass is 16.5. The maximum atomic E-state index is 11.8. The second-order valence-electron chi connectivity index (χ2n) is 4.79. The van der Waals surface area contributed by atoms with Gasteiger partial charge in [0, 0.05) is 12.1 Å². The Hall–Kier alpha value is -3.10. The first-order valence-electron chi connectivity index (χ1n) is 6.67. The molecule has 0 bridgehead atoms. The van der Waals surface area contributed by atoms with E-state index in [0.29, 0.717) is 11.4 Å². The van der Waals surface area contributed by atoms with Crippen molar-refractivity contribution in [1.29, 1.82) is 0 Å². The number of benzene rings is 1. The average Bonchev–Trinajstić information content (AvgIpc) is 2.48. The minimum atomic E-state index is -1.18. The number of carboxylic acids is 2. The van der Waals surface area contributed by atoms with Crippen LogP contribution in [0.5, 0.6) is 5.75 Å². The maximum Gasteiger partial charge on any atom is 0.323 e. The predicted molar refractivity (Wildman–Crippen MR) is 77.4 cm³/mol. The molecule has 0 aliphatic carbocycles. The molecule has 122 valence electrons. The lowest BCUT2D eigenvalue weighted by Gasteiger charge is -2.28. The van der Waals surface area contributed by atoms with E-state index in [4.69, 9.17) is 14.9 Å². The zero-order valence-electron chi connectivity index (χ0n) is 11.9. The van der Waals surface area contributed by atoms with Crippen LogP contribution in [0.4, 0.5) is 11.4 Å². The topological polar surface area (TPSA) is 133 Å². The molecule has 9 nitrogen and oxygen atoms in total. The molecular weight excluding hydrogens is 308 g/mol. The van der Waals surface area contributed by atoms with Crippen molar-refractivity contribution in [3.05, 3.63) is 18.2 Å². The number of ether oxygens (including phenoxy) is 1. The van der Waals surface area contributed by atoms with Gasteiger partial charge in [-0.2, -0.15) is 0 Å². The molecule has 3 N–H and O–H groups in total. The third-order valence-electron chi connectivity index (χ3n) is 3.04. The molecule has 0 radical (unpaired) electrons. The van der Waals surface area contributed by atoms with Gasteiger partial charge in [-0.1, -0.05) is 0 Å². The summed E-state index contributed by atoms with van der Waals surface area (Å²) in [4.78, 5) is 45.8. The van der Waals surface area contributed by atoms with Gasteiger partial charge >= 0.3 is 11.9 Å². The van der Waals surface area contributed by atoms with Gasteiger partial charge in [-0.25, -0.2) is 0 Å². The van der Waals surface area contributed by atoms with Gasteiger partial charge in [0.1, 0.15) is 12.3 Å². The Morgan fingerprint density at radius 1 is 1.17 bits per heavy atom. The second kappa shape index (κ2) is 6.77. The monoisotopic (exact) mass is 322 g/mol. The van der Waals surface area contributed by atoms with Gasteiger partial charge in [-0.05, 0) is 18.2 Å². The summed E-state index contributed by atoms with van der Waals surface area (Å²) in [6.07, 6.45) is -0.496. The quantitative estimate of drug-likeness (QED) is 0.686. The first-order valence-corrected chi connectivity index (χ1v) is 6.67. The smallest absolute Gasteiger partial charge is 0.323 e. The van der Waals surface area contributed by atoms with Crippen molar-refractivity contribution in [1.82, 2.24) is 0 Å². The Labute approximate surface area is 130 Å². The number of hydrogen-bond donors (Lipinski definition) is 3. The van der Waals surface area contributed by atoms with Crippen LogP contribution in [0, 0.1) is 0 Å². The maximum absolute atomic E-state index is 11.8. The largest absolute Gasteiger partial charge is 0.482 e. The second-order valence-corrected chi connectivity index (χ2v) is 4.79. The molecule has 0 aromatic heterocycles. The Morgan fingerprint density at radius 2 is 1.91 bits per heavy atom. The number of hydrogen-bond acceptors (Lipinski definition) is 5. The predicted octanol–water partition coefficient (Wildman–Crippen LogP) is 0.300. The van der Waals surface area contributed by atoms with Gasteiger partial charge in [-0.15, -0.1) is 0 Å². The third kappa shape index (κ3) is 4.19. The molecule has 1 aromatic carbocycles. The molecule has 0 atom stereocenters. The van der Waals surface area contributed by atoms with Crippen LogP contribution >= 0.6 is 0 Å². The minimum Gasteiger partial charge on any atom is -0.482 e. The van der Waals surface area contributed by atoms with Gasteiger partial charge in [0.05, 0.1) is 12.1 Å². The number of carboxylic acid groups (broad SMARTS) is 2. The first kappa shape index (κ1) is 16.3. The van der Waals surface area contributed by atoms with Crippen LogP contribution in [-0.2, 0) is 19.2 Å². The number of carbonyl (C=O) groups is 4. The number of anilines is 2. The molecule has 1 aliphatic heterocycles. The number of amides is 2. The molecule has 0 unspecified atom stereocenters. The molecule has 2 amide bonds. The van der Waals surface area contributed by atoms with Crippen LogP contribution in [0.1, 0.15) is 12.8 Å². The highest BCUT2D eigenvalue weighted by Crippen LogP contribution is 2.34. The lowest BCUT2D eigenvalue weighted by atomic mass is 10.2. The number of rotatable bonds is 6. The summed E-state index contributed by atoms with van der Waals surface area (Å²) in [6.45, 7) is -0.782. The van der Waals surface area contributed by atoms with E-state index < -0.39 is 30.3 Å². The van der Waals surface area contributed by atoms with E-state index in [9.17, 15) is 19.2 Å². The van der Waals surface area contributed by atoms with Gasteiger partial charge in [-0.3, -0.25) is 24.1 Å². The normalized spacial score (nSPS) is 13.0. The molecule has 0 saturated heterocycles. The fourth-order valence-electron chi connectivity index (χ4n) is 2.03. The molecule has 23 heavy (non-hydrogen) atoms. The van der Waals surface area contributed by atoms with Gasteiger partial charge in [0.15, 0.2) is 6.61 Å². The molecule has 0 fully saturated rings. The number of aliphatic carboxylic acids is 2. The van der Waals surface area contributed by atoms with Crippen molar-refractivity contribution in [2.45, 2.75) is 12.8 Å². The summed E-state index contributed by atoms with van der Waals surface area (Å²) in [5, 5.41) is 19.9. The van der Waals surface area contributed by atoms with E-state index in [2.05, 4.69) is 5.32 Å². The SMILES string of the molecule is O=C(O)CCC(=O)Nc1ccc2c(c1)N(CC(=O)O)C(=O)CO2. The summed E-state index contributed by atoms with van der Waals surface area (Å²) in [5.41, 5.74) is 0.549. The first-order chi connectivity index (χ1) is 10.9. The summed E-state index contributed by atoms with van der Waals surface area (Å²) in [5.74, 6) is -2.94. The van der Waals surface area contributed by atoms with Gasteiger partial charge in [0.2, 0.25) is 5.91 Å². The average molecular weight is 322 g/mol. The minimum absolute atomic E-state index is 0.194. The highest BCUT2D eigenvalue weighted by Gasteiger charge is 2.27. The Bertz CT molecular complexity index is 671. The number of nitrogens with zero attached hydrogens (tertiary/aromatic N) is 1. The summed E-state index contributed by atoms with van der Waals surface area (Å²) in [7, 11) is 0. The highest BCUT2D eigenvalue weighted by molar-refractivity contribution is 6.02. The van der Waals surface area contributed by atoms with E-state index >= 15 is 0 Å². The number of fused-ring (bicyclic) bond motifs is 1. The Kier molecular flexibility index (Phi) is 4.79. The molecule has 9 heteroatoms. The third-order valence-corrected chi connectivity index (χ3v) is 3.04. The molecule has 1 aliphatic rings. The van der Waals surface area contributed by atoms with E-state index in [1.807, 2.05) is 0 Å². The molecule has 0 spiro atoms. The van der Waals surface area contributed by atoms with Crippen molar-refractivity contribution < 1.29 is 34.1 Å². The number of nitrogens with one attached hydrogen (secondary N) is 1. The van der Waals surface area contributed by atoms with Crippen LogP contribution in [-0.4, -0.2) is 47.1 Å². The van der Waals surface area contributed by atoms with Crippen LogP contribution in [0.3, 0.4) is 0 Å². The van der Waals surface area contributed by atoms with Crippen molar-refractivity contribution in [2.24, 2.45) is 0 Å². The van der Waals surface area contributed by atoms with Crippen molar-refractivity contribution in [3.63, 3.8) is 0 Å². The van der Waals surface area contributed by atoms with E-state index in [0.717, 1.165) is 4.90 Å². The summed E-state index contributed by atoms with van der Waals surface area (Å²) >= 11 is 0. The van der Waals surface area contributed by atoms with Crippen molar-refractivity contribution in [2.75, 3.05) is 23.4 Å². The Morgan fingerprint density at radius 3 is 2.57 bits per heavy atom. The number of carbonyl (C=O) groups excluding carboxylic acids is 2. The Balaban J connectivity index is 2.17. The molecule has 2 rings (SSSR count). The standard InChI is InChI=1S/C14H14N2O7/c17-11(3-4-13(19)20)15-8-1-2-10-9(5-8)16(6-14(21)22)12(18)7-23-10/h1-2,5H,3-4,6-7H2,(H,15,17)(H,19,20)(H,21,22). The summed E-state index contributed by atoms with van der Waals surface area (Å²) < 4.78 is 5.21. The van der Waals surface area contributed by atoms with Gasteiger partial charge in [0.25, 0.3) is 5.91 Å². The van der Waals surface area contributed by atoms with Crippen molar-refractivity contribution in [3.8, 4) is 5.75 Å². The van der Waals surface area contributed by atoms with E-state index in [1.165, 1.54) is 18.2 Å². The lowest BCUT2D eigenvalue weighted by Crippen LogP contribution is -2.42. The van der Waals surface area contributed by atoms with Crippen LogP contribution in [0.2, 0.25) is 0 Å². The van der Waals surface area contributed by atoms with Crippen molar-refractivity contribution >= 4 is 35.1 Å². The van der Waals surface area contributed by atoms with Crippen LogP contribution in [0.15, 0.2) is 18.2 Å². The zero-order chi connectivity index (χ0) is 17.0. The van der Waals surface area contributed by atoms with E-state index in [-0.39, 0.29) is 25.1 Å². The fourth-order valence-corrected chi connectivity index (χ4v) is 2.03. The fraction of sp³-hybridized carbons (Fsp3) is 0.286. The molecule has 1 aromatic rings. The lowest BCUT2D eigenvalue weighted by molar-refractivity contribution is -0.138. The summed E-state index contributed by atoms with van der Waals surface area (Å²) in [6, 6.07) is 4.43. The zero-order valence-corrected chi connectivity index (χ0v) is 11.9.